The van der Waals surface area contributed by atoms with Crippen LogP contribution in [0.5, 0.6) is 0 Å². The Balaban J connectivity index is 2.19. The van der Waals surface area contributed by atoms with Crippen LogP contribution in [0.3, 0.4) is 0 Å². The maximum atomic E-state index is 5.54. The van der Waals surface area contributed by atoms with Gasteiger partial charge in [0.2, 0.25) is 0 Å². The highest BCUT2D eigenvalue weighted by molar-refractivity contribution is 7.15. The molecule has 0 saturated heterocycles. The van der Waals surface area contributed by atoms with Crippen LogP contribution in [0.1, 0.15) is 11.5 Å². The average Bonchev–Trinajstić information content (AvgIpc) is 2.84. The zero-order chi connectivity index (χ0) is 10.4. The van der Waals surface area contributed by atoms with Crippen LogP contribution in [0.15, 0.2) is 28.1 Å². The van der Waals surface area contributed by atoms with Gasteiger partial charge >= 0.3 is 0 Å². The molecule has 0 spiro atoms. The fourth-order valence-electron chi connectivity index (χ4n) is 1.58. The number of aryl methyl sites for hydroxylation is 2. The van der Waals surface area contributed by atoms with Crippen molar-refractivity contribution in [3.8, 4) is 11.5 Å². The Bertz CT molecular complexity index is 617. The lowest BCUT2D eigenvalue weighted by Gasteiger charge is -1.88. The molecule has 0 N–H and O–H groups in total. The minimum Gasteiger partial charge on any atom is -0.460 e. The lowest BCUT2D eigenvalue weighted by atomic mass is 10.3. The molecule has 0 bridgehead atoms. The van der Waals surface area contributed by atoms with Gasteiger partial charge in [-0.05, 0) is 26.0 Å². The van der Waals surface area contributed by atoms with Gasteiger partial charge in [-0.15, -0.1) is 11.3 Å². The van der Waals surface area contributed by atoms with Gasteiger partial charge in [-0.25, -0.2) is 4.98 Å². The highest BCUT2D eigenvalue weighted by Crippen LogP contribution is 2.24. The van der Waals surface area contributed by atoms with Crippen molar-refractivity contribution in [1.29, 1.82) is 0 Å². The first-order chi connectivity index (χ1) is 7.24. The molecule has 0 aliphatic rings. The molecule has 0 atom stereocenters. The summed E-state index contributed by atoms with van der Waals surface area (Å²) in [7, 11) is 0. The third-order valence-electron chi connectivity index (χ3n) is 2.38. The Morgan fingerprint density at radius 2 is 2.20 bits per heavy atom. The Morgan fingerprint density at radius 3 is 2.87 bits per heavy atom. The molecule has 3 heterocycles. The van der Waals surface area contributed by atoms with Gasteiger partial charge in [0.15, 0.2) is 10.7 Å². The highest BCUT2D eigenvalue weighted by atomic mass is 32.1. The summed E-state index contributed by atoms with van der Waals surface area (Å²) in [5, 5.41) is 2.10. The van der Waals surface area contributed by atoms with Crippen molar-refractivity contribution in [1.82, 2.24) is 9.38 Å². The highest BCUT2D eigenvalue weighted by Gasteiger charge is 2.09. The van der Waals surface area contributed by atoms with E-state index in [1.54, 1.807) is 11.3 Å². The molecule has 0 unspecified atom stereocenters. The van der Waals surface area contributed by atoms with E-state index in [4.69, 9.17) is 4.42 Å². The summed E-state index contributed by atoms with van der Waals surface area (Å²) in [6.07, 6.45) is 2.01. The fourth-order valence-corrected chi connectivity index (χ4v) is 2.44. The number of nitrogens with zero attached hydrogens (tertiary/aromatic N) is 2. The van der Waals surface area contributed by atoms with E-state index in [-0.39, 0.29) is 0 Å². The smallest absolute Gasteiger partial charge is 0.194 e. The third kappa shape index (κ3) is 1.29. The van der Waals surface area contributed by atoms with Crippen molar-refractivity contribution >= 4 is 16.3 Å². The number of imidazole rings is 1. The lowest BCUT2D eigenvalue weighted by Crippen LogP contribution is -1.77. The van der Waals surface area contributed by atoms with E-state index in [1.807, 2.05) is 25.3 Å². The van der Waals surface area contributed by atoms with E-state index in [2.05, 4.69) is 21.7 Å². The van der Waals surface area contributed by atoms with Crippen molar-refractivity contribution in [2.45, 2.75) is 13.8 Å². The Kier molecular flexibility index (Phi) is 1.73. The molecule has 3 nitrogen and oxygen atoms in total. The Hall–Kier alpha value is -1.55. The van der Waals surface area contributed by atoms with E-state index < -0.39 is 0 Å². The molecule has 0 aliphatic carbocycles. The zero-order valence-corrected chi connectivity index (χ0v) is 9.34. The average molecular weight is 218 g/mol. The van der Waals surface area contributed by atoms with Crippen LogP contribution in [0.2, 0.25) is 0 Å². The molecule has 0 fully saturated rings. The van der Waals surface area contributed by atoms with E-state index in [9.17, 15) is 0 Å². The van der Waals surface area contributed by atoms with E-state index in [0.717, 1.165) is 22.2 Å². The van der Waals surface area contributed by atoms with Gasteiger partial charge in [-0.3, -0.25) is 4.40 Å². The number of thiazole rings is 1. The normalized spacial score (nSPS) is 11.3. The summed E-state index contributed by atoms with van der Waals surface area (Å²) >= 11 is 1.65. The molecule has 0 saturated carbocycles. The minimum atomic E-state index is 0.836. The van der Waals surface area contributed by atoms with Crippen molar-refractivity contribution < 1.29 is 4.42 Å². The predicted octanol–water partition coefficient (Wildman–Crippen LogP) is 3.27. The number of aromatic nitrogens is 2. The van der Waals surface area contributed by atoms with Crippen LogP contribution < -0.4 is 0 Å². The summed E-state index contributed by atoms with van der Waals surface area (Å²) in [6, 6.07) is 3.91. The first kappa shape index (κ1) is 8.73. The van der Waals surface area contributed by atoms with Crippen LogP contribution in [-0.2, 0) is 0 Å². The van der Waals surface area contributed by atoms with Gasteiger partial charge in [-0.2, -0.15) is 0 Å². The molecular formula is C11H10N2OS. The number of hydrogen-bond donors (Lipinski definition) is 0. The standard InChI is InChI=1S/C11H10N2OS/c1-7-6-15-11-12-9(5-13(7)11)10-4-3-8(2)14-10/h3-6H,1-2H3. The second-order valence-electron chi connectivity index (χ2n) is 3.57. The van der Waals surface area contributed by atoms with Crippen LogP contribution >= 0.6 is 11.3 Å². The Labute approximate surface area is 91.0 Å². The maximum absolute atomic E-state index is 5.54. The van der Waals surface area contributed by atoms with Gasteiger partial charge < -0.3 is 4.42 Å². The third-order valence-corrected chi connectivity index (χ3v) is 3.34. The molecular weight excluding hydrogens is 208 g/mol. The SMILES string of the molecule is Cc1ccc(-c2cn3c(C)csc3n2)o1. The first-order valence-electron chi connectivity index (χ1n) is 4.74. The number of fused-ring (bicyclic) bond motifs is 1. The zero-order valence-electron chi connectivity index (χ0n) is 8.52. The van der Waals surface area contributed by atoms with Crippen LogP contribution in [0, 0.1) is 13.8 Å². The van der Waals surface area contributed by atoms with Crippen LogP contribution in [0.25, 0.3) is 16.4 Å². The lowest BCUT2D eigenvalue weighted by molar-refractivity contribution is 0.547. The van der Waals surface area contributed by atoms with Gasteiger partial charge in [-0.1, -0.05) is 0 Å². The van der Waals surface area contributed by atoms with E-state index in [1.165, 1.54) is 5.69 Å². The quantitative estimate of drug-likeness (QED) is 0.627. The molecule has 0 aliphatic heterocycles. The number of hydrogen-bond acceptors (Lipinski definition) is 3. The van der Waals surface area contributed by atoms with Gasteiger partial charge in [0.05, 0.1) is 0 Å². The molecule has 3 rings (SSSR count). The summed E-state index contributed by atoms with van der Waals surface area (Å²) in [5.41, 5.74) is 2.11. The maximum Gasteiger partial charge on any atom is 0.194 e. The summed E-state index contributed by atoms with van der Waals surface area (Å²) < 4.78 is 7.62. The molecule has 4 heteroatoms. The molecule has 0 amide bonds. The fraction of sp³-hybridized carbons (Fsp3) is 0.182. The van der Waals surface area contributed by atoms with E-state index in [0.29, 0.717) is 0 Å². The molecule has 0 aromatic carbocycles. The second kappa shape index (κ2) is 2.97. The van der Waals surface area contributed by atoms with Crippen molar-refractivity contribution in [2.75, 3.05) is 0 Å². The second-order valence-corrected chi connectivity index (χ2v) is 4.40. The largest absolute Gasteiger partial charge is 0.460 e. The molecule has 0 radical (unpaired) electrons. The molecule has 15 heavy (non-hydrogen) atoms. The van der Waals surface area contributed by atoms with Crippen molar-refractivity contribution in [3.05, 3.63) is 35.2 Å². The number of furan rings is 1. The first-order valence-corrected chi connectivity index (χ1v) is 5.62. The van der Waals surface area contributed by atoms with Crippen LogP contribution in [-0.4, -0.2) is 9.38 Å². The summed E-state index contributed by atoms with van der Waals surface area (Å²) in [4.78, 5) is 5.52. The van der Waals surface area contributed by atoms with Gasteiger partial charge in [0.1, 0.15) is 11.5 Å². The summed E-state index contributed by atoms with van der Waals surface area (Å²) in [5.74, 6) is 1.75. The monoisotopic (exact) mass is 218 g/mol. The molecule has 3 aromatic rings. The van der Waals surface area contributed by atoms with Gasteiger partial charge in [0, 0.05) is 17.3 Å². The molecule has 3 aromatic heterocycles. The van der Waals surface area contributed by atoms with Crippen LogP contribution in [0.4, 0.5) is 0 Å². The summed E-state index contributed by atoms with van der Waals surface area (Å²) in [6.45, 7) is 4.01. The minimum absolute atomic E-state index is 0.836. The van der Waals surface area contributed by atoms with Crippen molar-refractivity contribution in [2.24, 2.45) is 0 Å². The van der Waals surface area contributed by atoms with E-state index >= 15 is 0 Å². The predicted molar refractivity (Wildman–Crippen MR) is 60.2 cm³/mol. The molecule has 76 valence electrons. The Morgan fingerprint density at radius 1 is 1.33 bits per heavy atom. The van der Waals surface area contributed by atoms with Gasteiger partial charge in [0.25, 0.3) is 0 Å². The topological polar surface area (TPSA) is 30.4 Å². The van der Waals surface area contributed by atoms with Crippen molar-refractivity contribution in [3.63, 3.8) is 0 Å². The number of rotatable bonds is 1.